The first-order valence-corrected chi connectivity index (χ1v) is 8.79. The number of nitrogens with one attached hydrogen (secondary N) is 1. The van der Waals surface area contributed by atoms with Crippen LogP contribution in [0, 0.1) is 10.5 Å². The van der Waals surface area contributed by atoms with Crippen molar-refractivity contribution in [3.8, 4) is 0 Å². The second-order valence-corrected chi connectivity index (χ2v) is 7.74. The van der Waals surface area contributed by atoms with Gasteiger partial charge in [-0.15, -0.1) is 0 Å². The lowest BCUT2D eigenvalue weighted by molar-refractivity contribution is 0.601. The fourth-order valence-electron chi connectivity index (χ4n) is 1.56. The van der Waals surface area contributed by atoms with Crippen molar-refractivity contribution in [1.29, 1.82) is 0 Å². The number of benzene rings is 2. The highest BCUT2D eigenvalue weighted by molar-refractivity contribution is 14.1. The Hall–Kier alpha value is -0.600. The molecular formula is C13H11BrINO2S. The van der Waals surface area contributed by atoms with Gasteiger partial charge < -0.3 is 0 Å². The second kappa shape index (κ2) is 5.80. The van der Waals surface area contributed by atoms with Crippen molar-refractivity contribution in [3.63, 3.8) is 0 Å². The van der Waals surface area contributed by atoms with Crippen LogP contribution in [0.2, 0.25) is 0 Å². The molecule has 0 saturated carbocycles. The van der Waals surface area contributed by atoms with Gasteiger partial charge in [-0.1, -0.05) is 28.1 Å². The van der Waals surface area contributed by atoms with Crippen LogP contribution in [0.3, 0.4) is 0 Å². The van der Waals surface area contributed by atoms with E-state index in [4.69, 9.17) is 0 Å². The van der Waals surface area contributed by atoms with Gasteiger partial charge in [0.05, 0.1) is 10.6 Å². The van der Waals surface area contributed by atoms with Crippen molar-refractivity contribution in [3.05, 3.63) is 56.1 Å². The summed E-state index contributed by atoms with van der Waals surface area (Å²) in [6, 6.07) is 12.1. The monoisotopic (exact) mass is 451 g/mol. The first kappa shape index (κ1) is 14.8. The third kappa shape index (κ3) is 3.49. The van der Waals surface area contributed by atoms with Crippen molar-refractivity contribution in [2.45, 2.75) is 11.8 Å². The molecule has 100 valence electrons. The van der Waals surface area contributed by atoms with Gasteiger partial charge >= 0.3 is 0 Å². The summed E-state index contributed by atoms with van der Waals surface area (Å²) in [4.78, 5) is 0.236. The number of anilines is 1. The Labute approximate surface area is 134 Å². The molecule has 0 aromatic heterocycles. The Kier molecular flexibility index (Phi) is 4.52. The highest BCUT2D eigenvalue weighted by Crippen LogP contribution is 2.24. The van der Waals surface area contributed by atoms with Crippen molar-refractivity contribution < 1.29 is 8.42 Å². The van der Waals surface area contributed by atoms with Crippen LogP contribution < -0.4 is 4.72 Å². The minimum atomic E-state index is -3.56. The smallest absolute Gasteiger partial charge is 0.261 e. The Morgan fingerprint density at radius 1 is 1.16 bits per heavy atom. The molecule has 1 N–H and O–H groups in total. The Morgan fingerprint density at radius 2 is 1.84 bits per heavy atom. The molecule has 0 bridgehead atoms. The fraction of sp³-hybridized carbons (Fsp3) is 0.0769. The molecule has 3 nitrogen and oxygen atoms in total. The molecule has 2 aromatic carbocycles. The molecule has 0 unspecified atom stereocenters. The van der Waals surface area contributed by atoms with Gasteiger partial charge in [0, 0.05) is 8.04 Å². The van der Waals surface area contributed by atoms with Gasteiger partial charge in [0.1, 0.15) is 0 Å². The van der Waals surface area contributed by atoms with Gasteiger partial charge in [-0.05, 0) is 65.4 Å². The maximum absolute atomic E-state index is 12.3. The normalized spacial score (nSPS) is 11.3. The van der Waals surface area contributed by atoms with Gasteiger partial charge in [0.2, 0.25) is 0 Å². The quantitative estimate of drug-likeness (QED) is 0.712. The number of sulfonamides is 1. The van der Waals surface area contributed by atoms with Gasteiger partial charge in [0.25, 0.3) is 10.0 Å². The molecule has 0 spiro atoms. The van der Waals surface area contributed by atoms with Crippen LogP contribution in [0.1, 0.15) is 5.56 Å². The van der Waals surface area contributed by atoms with E-state index in [2.05, 4.69) is 43.2 Å². The first-order valence-electron chi connectivity index (χ1n) is 5.43. The molecule has 0 fully saturated rings. The topological polar surface area (TPSA) is 46.2 Å². The van der Waals surface area contributed by atoms with Crippen LogP contribution in [0.15, 0.2) is 51.8 Å². The van der Waals surface area contributed by atoms with E-state index in [1.54, 1.807) is 30.3 Å². The molecule has 0 radical (unpaired) electrons. The average molecular weight is 452 g/mol. The predicted molar refractivity (Wildman–Crippen MR) is 88.8 cm³/mol. The number of rotatable bonds is 3. The van der Waals surface area contributed by atoms with Crippen LogP contribution >= 0.6 is 38.5 Å². The van der Waals surface area contributed by atoms with E-state index in [9.17, 15) is 8.42 Å². The maximum atomic E-state index is 12.3. The van der Waals surface area contributed by atoms with Crippen LogP contribution in [0.5, 0.6) is 0 Å². The van der Waals surface area contributed by atoms with Crippen LogP contribution in [0.25, 0.3) is 0 Å². The molecule has 2 rings (SSSR count). The maximum Gasteiger partial charge on any atom is 0.261 e. The van der Waals surface area contributed by atoms with Crippen molar-refractivity contribution in [2.24, 2.45) is 0 Å². The summed E-state index contributed by atoms with van der Waals surface area (Å²) in [5.74, 6) is 0. The van der Waals surface area contributed by atoms with Gasteiger partial charge in [-0.25, -0.2) is 8.42 Å². The second-order valence-electron chi connectivity index (χ2n) is 3.98. The van der Waals surface area contributed by atoms with Crippen LogP contribution in [-0.2, 0) is 10.0 Å². The van der Waals surface area contributed by atoms with Gasteiger partial charge in [0.15, 0.2) is 0 Å². The Morgan fingerprint density at radius 3 is 2.53 bits per heavy atom. The zero-order chi connectivity index (χ0) is 14.0. The number of hydrogen-bond donors (Lipinski definition) is 1. The van der Waals surface area contributed by atoms with Crippen LogP contribution in [0.4, 0.5) is 5.69 Å². The summed E-state index contributed by atoms with van der Waals surface area (Å²) in [6.45, 7) is 1.89. The molecule has 0 saturated heterocycles. The lowest BCUT2D eigenvalue weighted by atomic mass is 10.2. The van der Waals surface area contributed by atoms with E-state index >= 15 is 0 Å². The van der Waals surface area contributed by atoms with E-state index in [1.165, 1.54) is 0 Å². The lowest BCUT2D eigenvalue weighted by Crippen LogP contribution is -2.14. The third-order valence-corrected chi connectivity index (χ3v) is 5.64. The number of hydrogen-bond acceptors (Lipinski definition) is 2. The third-order valence-electron chi connectivity index (χ3n) is 2.62. The SMILES string of the molecule is Cc1c(I)cccc1NS(=O)(=O)c1cccc(Br)c1. The summed E-state index contributed by atoms with van der Waals surface area (Å²) in [6.07, 6.45) is 0. The summed E-state index contributed by atoms with van der Waals surface area (Å²) in [5.41, 5.74) is 1.52. The van der Waals surface area contributed by atoms with E-state index in [0.717, 1.165) is 13.6 Å². The zero-order valence-electron chi connectivity index (χ0n) is 10.0. The molecule has 0 aliphatic carbocycles. The van der Waals surface area contributed by atoms with Crippen LogP contribution in [-0.4, -0.2) is 8.42 Å². The van der Waals surface area contributed by atoms with Crippen molar-refractivity contribution in [1.82, 2.24) is 0 Å². The molecule has 0 atom stereocenters. The van der Waals surface area contributed by atoms with E-state index in [0.29, 0.717) is 5.69 Å². The summed E-state index contributed by atoms with van der Waals surface area (Å²) in [5, 5.41) is 0. The zero-order valence-corrected chi connectivity index (χ0v) is 14.6. The van der Waals surface area contributed by atoms with Crippen molar-refractivity contribution in [2.75, 3.05) is 4.72 Å². The molecule has 0 aliphatic rings. The van der Waals surface area contributed by atoms with E-state index in [1.807, 2.05) is 19.1 Å². The van der Waals surface area contributed by atoms with Gasteiger partial charge in [-0.2, -0.15) is 0 Å². The molecule has 0 aliphatic heterocycles. The number of halogens is 2. The summed E-state index contributed by atoms with van der Waals surface area (Å²) < 4.78 is 28.9. The molecular weight excluding hydrogens is 441 g/mol. The van der Waals surface area contributed by atoms with E-state index in [-0.39, 0.29) is 4.90 Å². The molecule has 0 amide bonds. The highest BCUT2D eigenvalue weighted by atomic mass is 127. The van der Waals surface area contributed by atoms with Gasteiger partial charge in [-0.3, -0.25) is 4.72 Å². The molecule has 19 heavy (non-hydrogen) atoms. The Balaban J connectivity index is 2.39. The minimum absolute atomic E-state index is 0.236. The van der Waals surface area contributed by atoms with Crippen molar-refractivity contribution >= 4 is 54.2 Å². The molecule has 0 heterocycles. The fourth-order valence-corrected chi connectivity index (χ4v) is 3.77. The standard InChI is InChI=1S/C13H11BrINO2S/c1-9-12(15)6-3-7-13(9)16-19(17,18)11-5-2-4-10(14)8-11/h2-8,16H,1H3. The largest absolute Gasteiger partial charge is 0.279 e. The summed E-state index contributed by atoms with van der Waals surface area (Å²) in [7, 11) is -3.56. The predicted octanol–water partition coefficient (Wildman–Crippen LogP) is 4.16. The average Bonchev–Trinajstić information content (AvgIpc) is 2.35. The Bertz CT molecular complexity index is 716. The first-order chi connectivity index (χ1) is 8.90. The lowest BCUT2D eigenvalue weighted by Gasteiger charge is -2.11. The summed E-state index contributed by atoms with van der Waals surface area (Å²) >= 11 is 5.45. The highest BCUT2D eigenvalue weighted by Gasteiger charge is 2.15. The molecule has 2 aromatic rings. The minimum Gasteiger partial charge on any atom is -0.279 e. The molecule has 6 heteroatoms. The van der Waals surface area contributed by atoms with E-state index < -0.39 is 10.0 Å².